The van der Waals surface area contributed by atoms with Crippen molar-refractivity contribution in [1.29, 1.82) is 0 Å². The number of hydrogen-bond donors (Lipinski definition) is 2. The lowest BCUT2D eigenvalue weighted by Gasteiger charge is -2.25. The van der Waals surface area contributed by atoms with Gasteiger partial charge < -0.3 is 10.6 Å². The highest BCUT2D eigenvalue weighted by molar-refractivity contribution is 9.11. The highest BCUT2D eigenvalue weighted by atomic mass is 79.9. The SMILES string of the molecule is O=C(Nc1ccc(Br)cc1Br)C1Cc2ccccc2CN1. The van der Waals surface area contributed by atoms with Crippen LogP contribution in [0, 0.1) is 0 Å². The summed E-state index contributed by atoms with van der Waals surface area (Å²) in [6.07, 6.45) is 0.718. The lowest BCUT2D eigenvalue weighted by molar-refractivity contribution is -0.118. The highest BCUT2D eigenvalue weighted by Crippen LogP contribution is 2.26. The van der Waals surface area contributed by atoms with Crippen molar-refractivity contribution in [2.24, 2.45) is 0 Å². The van der Waals surface area contributed by atoms with Crippen LogP contribution in [-0.4, -0.2) is 11.9 Å². The molecule has 1 atom stereocenters. The molecule has 0 aliphatic carbocycles. The monoisotopic (exact) mass is 408 g/mol. The van der Waals surface area contributed by atoms with Crippen LogP contribution in [0.5, 0.6) is 0 Å². The van der Waals surface area contributed by atoms with E-state index in [0.717, 1.165) is 27.6 Å². The highest BCUT2D eigenvalue weighted by Gasteiger charge is 2.24. The molecule has 1 aliphatic heterocycles. The summed E-state index contributed by atoms with van der Waals surface area (Å²) in [6.45, 7) is 0.732. The number of benzene rings is 2. The fourth-order valence-corrected chi connectivity index (χ4v) is 3.60. The van der Waals surface area contributed by atoms with E-state index in [0.29, 0.717) is 0 Å². The molecule has 1 aliphatic rings. The number of carbonyl (C=O) groups excluding carboxylic acids is 1. The fourth-order valence-electron chi connectivity index (χ4n) is 2.45. The molecule has 3 nitrogen and oxygen atoms in total. The molecule has 0 radical (unpaired) electrons. The van der Waals surface area contributed by atoms with E-state index in [4.69, 9.17) is 0 Å². The minimum absolute atomic E-state index is 0.00692. The zero-order chi connectivity index (χ0) is 14.8. The minimum Gasteiger partial charge on any atom is -0.324 e. The molecule has 0 spiro atoms. The fraction of sp³-hybridized carbons (Fsp3) is 0.188. The number of nitrogens with one attached hydrogen (secondary N) is 2. The van der Waals surface area contributed by atoms with E-state index in [1.54, 1.807) is 0 Å². The molecule has 0 saturated heterocycles. The summed E-state index contributed by atoms with van der Waals surface area (Å²) in [5.41, 5.74) is 3.29. The Morgan fingerprint density at radius 2 is 1.90 bits per heavy atom. The quantitative estimate of drug-likeness (QED) is 0.790. The molecule has 21 heavy (non-hydrogen) atoms. The van der Waals surface area contributed by atoms with E-state index in [-0.39, 0.29) is 11.9 Å². The van der Waals surface area contributed by atoms with Gasteiger partial charge in [-0.1, -0.05) is 40.2 Å². The molecule has 1 amide bonds. The number of fused-ring (bicyclic) bond motifs is 1. The molecule has 0 fully saturated rings. The maximum absolute atomic E-state index is 12.4. The van der Waals surface area contributed by atoms with E-state index in [1.807, 2.05) is 30.3 Å². The van der Waals surface area contributed by atoms with Gasteiger partial charge in [-0.05, 0) is 51.7 Å². The van der Waals surface area contributed by atoms with Gasteiger partial charge in [0, 0.05) is 15.5 Å². The van der Waals surface area contributed by atoms with Crippen molar-refractivity contribution in [3.05, 3.63) is 62.5 Å². The third-order valence-corrected chi connectivity index (χ3v) is 4.74. The Morgan fingerprint density at radius 3 is 2.67 bits per heavy atom. The Kier molecular flexibility index (Phi) is 4.42. The van der Waals surface area contributed by atoms with Gasteiger partial charge >= 0.3 is 0 Å². The number of amides is 1. The summed E-state index contributed by atoms with van der Waals surface area (Å²) >= 11 is 6.86. The lowest BCUT2D eigenvalue weighted by Crippen LogP contribution is -2.44. The summed E-state index contributed by atoms with van der Waals surface area (Å²) in [7, 11) is 0. The molecule has 108 valence electrons. The first-order valence-corrected chi connectivity index (χ1v) is 8.28. The van der Waals surface area contributed by atoms with Gasteiger partial charge in [-0.2, -0.15) is 0 Å². The maximum atomic E-state index is 12.4. The molecular weight excluding hydrogens is 396 g/mol. The molecule has 0 bridgehead atoms. The van der Waals surface area contributed by atoms with Gasteiger partial charge in [-0.25, -0.2) is 0 Å². The lowest BCUT2D eigenvalue weighted by atomic mass is 9.95. The van der Waals surface area contributed by atoms with Gasteiger partial charge in [0.05, 0.1) is 11.7 Å². The van der Waals surface area contributed by atoms with E-state index in [9.17, 15) is 4.79 Å². The van der Waals surface area contributed by atoms with E-state index >= 15 is 0 Å². The first kappa shape index (κ1) is 14.8. The topological polar surface area (TPSA) is 41.1 Å². The molecule has 2 aromatic rings. The van der Waals surface area contributed by atoms with Crippen molar-refractivity contribution in [3.8, 4) is 0 Å². The standard InChI is InChI=1S/C16H14Br2N2O/c17-12-5-6-14(13(18)8-12)20-16(21)15-7-10-3-1-2-4-11(10)9-19-15/h1-6,8,15,19H,7,9H2,(H,20,21). The zero-order valence-electron chi connectivity index (χ0n) is 11.2. The van der Waals surface area contributed by atoms with Gasteiger partial charge in [0.25, 0.3) is 0 Å². The normalized spacial score (nSPS) is 17.1. The van der Waals surface area contributed by atoms with Crippen molar-refractivity contribution in [2.75, 3.05) is 5.32 Å². The van der Waals surface area contributed by atoms with Gasteiger partial charge in [-0.15, -0.1) is 0 Å². The van der Waals surface area contributed by atoms with Crippen LogP contribution in [0.2, 0.25) is 0 Å². The maximum Gasteiger partial charge on any atom is 0.241 e. The molecule has 0 saturated carbocycles. The largest absolute Gasteiger partial charge is 0.324 e. The van der Waals surface area contributed by atoms with Crippen LogP contribution < -0.4 is 10.6 Å². The van der Waals surface area contributed by atoms with Crippen LogP contribution in [0.15, 0.2) is 51.4 Å². The summed E-state index contributed by atoms with van der Waals surface area (Å²) in [4.78, 5) is 12.4. The summed E-state index contributed by atoms with van der Waals surface area (Å²) in [6, 6.07) is 13.7. The van der Waals surface area contributed by atoms with Crippen molar-refractivity contribution in [1.82, 2.24) is 5.32 Å². The molecular formula is C16H14Br2N2O. The number of hydrogen-bond acceptors (Lipinski definition) is 2. The average molecular weight is 410 g/mol. The summed E-state index contributed by atoms with van der Waals surface area (Å²) < 4.78 is 1.83. The Morgan fingerprint density at radius 1 is 1.14 bits per heavy atom. The van der Waals surface area contributed by atoms with Crippen LogP contribution >= 0.6 is 31.9 Å². The van der Waals surface area contributed by atoms with Crippen LogP contribution in [0.1, 0.15) is 11.1 Å². The Balaban J connectivity index is 1.72. The first-order chi connectivity index (χ1) is 10.1. The van der Waals surface area contributed by atoms with Crippen molar-refractivity contribution >= 4 is 43.5 Å². The number of halogens is 2. The van der Waals surface area contributed by atoms with Gasteiger partial charge in [0.15, 0.2) is 0 Å². The molecule has 1 unspecified atom stereocenters. The molecule has 0 aromatic heterocycles. The molecule has 3 rings (SSSR count). The van der Waals surface area contributed by atoms with Gasteiger partial charge in [0.1, 0.15) is 0 Å². The third kappa shape index (κ3) is 3.36. The van der Waals surface area contributed by atoms with Crippen molar-refractivity contribution in [2.45, 2.75) is 19.0 Å². The average Bonchev–Trinajstić information content (AvgIpc) is 2.49. The van der Waals surface area contributed by atoms with E-state index in [1.165, 1.54) is 11.1 Å². The Bertz CT molecular complexity index is 688. The Hall–Kier alpha value is -1.17. The molecule has 5 heteroatoms. The van der Waals surface area contributed by atoms with Crippen LogP contribution in [0.3, 0.4) is 0 Å². The van der Waals surface area contributed by atoms with Gasteiger partial charge in [-0.3, -0.25) is 4.79 Å². The molecule has 2 aromatic carbocycles. The van der Waals surface area contributed by atoms with Gasteiger partial charge in [0.2, 0.25) is 5.91 Å². The van der Waals surface area contributed by atoms with Crippen LogP contribution in [-0.2, 0) is 17.8 Å². The third-order valence-electron chi connectivity index (χ3n) is 3.59. The second kappa shape index (κ2) is 6.30. The Labute approximate surface area is 140 Å². The smallest absolute Gasteiger partial charge is 0.241 e. The minimum atomic E-state index is -0.199. The molecule has 2 N–H and O–H groups in total. The molecule has 1 heterocycles. The van der Waals surface area contributed by atoms with E-state index < -0.39 is 0 Å². The van der Waals surface area contributed by atoms with Crippen molar-refractivity contribution < 1.29 is 4.79 Å². The summed E-state index contributed by atoms with van der Waals surface area (Å²) in [5, 5.41) is 6.26. The number of anilines is 1. The number of carbonyl (C=O) groups is 1. The second-order valence-electron chi connectivity index (χ2n) is 5.02. The first-order valence-electron chi connectivity index (χ1n) is 6.69. The van der Waals surface area contributed by atoms with Crippen molar-refractivity contribution in [3.63, 3.8) is 0 Å². The number of rotatable bonds is 2. The zero-order valence-corrected chi connectivity index (χ0v) is 14.4. The second-order valence-corrected chi connectivity index (χ2v) is 6.79. The van der Waals surface area contributed by atoms with Crippen LogP contribution in [0.4, 0.5) is 5.69 Å². The van der Waals surface area contributed by atoms with E-state index in [2.05, 4.69) is 54.6 Å². The van der Waals surface area contributed by atoms with Crippen LogP contribution in [0.25, 0.3) is 0 Å². The predicted octanol–water partition coefficient (Wildman–Crippen LogP) is 3.86. The predicted molar refractivity (Wildman–Crippen MR) is 91.2 cm³/mol. The summed E-state index contributed by atoms with van der Waals surface area (Å²) in [5.74, 6) is -0.00692.